The number of imide groups is 2. The van der Waals surface area contributed by atoms with Crippen LogP contribution in [0.5, 0.6) is 0 Å². The summed E-state index contributed by atoms with van der Waals surface area (Å²) in [5.41, 5.74) is 13.5. The van der Waals surface area contributed by atoms with Crippen LogP contribution in [-0.2, 0) is 33.3 Å². The first kappa shape index (κ1) is 37.4. The van der Waals surface area contributed by atoms with E-state index in [0.29, 0.717) is 51.4 Å². The monoisotopic (exact) mass is 644 g/mol. The number of carbonyl (C=O) groups is 3. The molecule has 0 aliphatic carbocycles. The number of nitrogens with two attached hydrogens (primary N) is 2. The zero-order valence-corrected chi connectivity index (χ0v) is 29.4. The smallest absolute Gasteiger partial charge is 0.333 e. The van der Waals surface area contributed by atoms with E-state index in [2.05, 4.69) is 65.8 Å². The van der Waals surface area contributed by atoms with E-state index in [1.54, 1.807) is 0 Å². The fourth-order valence-corrected chi connectivity index (χ4v) is 6.15. The Morgan fingerprint density at radius 3 is 1.23 bits per heavy atom. The molecule has 1 heterocycles. The van der Waals surface area contributed by atoms with Crippen molar-refractivity contribution in [3.05, 3.63) is 70.8 Å². The number of unbranched alkanes of at least 4 members (excludes halogenated alkanes) is 4. The number of amides is 4. The third-order valence-corrected chi connectivity index (χ3v) is 9.08. The Labute approximate surface area is 281 Å². The molecular formula is C38H56N6O3. The number of nitrogens with zero attached hydrogens (tertiary/aromatic N) is 2. The van der Waals surface area contributed by atoms with Gasteiger partial charge in [-0.3, -0.25) is 30.2 Å². The van der Waals surface area contributed by atoms with E-state index in [0.717, 1.165) is 22.3 Å². The van der Waals surface area contributed by atoms with Gasteiger partial charge in [0.1, 0.15) is 5.41 Å². The van der Waals surface area contributed by atoms with Crippen LogP contribution in [0.1, 0.15) is 115 Å². The average Bonchev–Trinajstić information content (AvgIpc) is 2.98. The summed E-state index contributed by atoms with van der Waals surface area (Å²) in [4.78, 5) is 45.8. The standard InChI is InChI=1S/C38H56N6O3/c1-36(2,3)29-19-15-27(16-20-29)25-38(26-28-17-21-30(22-18-28)37(4,5)6)33(45)43(23-11-7-9-13-31(39)40)35(47)44(34(38)46)24-12-8-10-14-32(41)42/h15-22H,7-14,23-26H2,1-6H3,(H3,39,40)(H3,41,42). The van der Waals surface area contributed by atoms with E-state index in [9.17, 15) is 14.4 Å². The molecule has 0 saturated carbocycles. The summed E-state index contributed by atoms with van der Waals surface area (Å²) in [5.74, 6) is -0.672. The molecule has 0 atom stereocenters. The molecule has 9 heteroatoms. The van der Waals surface area contributed by atoms with E-state index in [1.165, 1.54) is 9.80 Å². The summed E-state index contributed by atoms with van der Waals surface area (Å²) < 4.78 is 0. The van der Waals surface area contributed by atoms with Crippen LogP contribution in [0.4, 0.5) is 4.79 Å². The Morgan fingerprint density at radius 2 is 0.936 bits per heavy atom. The van der Waals surface area contributed by atoms with Crippen molar-refractivity contribution in [2.75, 3.05) is 13.1 Å². The summed E-state index contributed by atoms with van der Waals surface area (Å²) in [5, 5.41) is 15.0. The molecule has 3 rings (SSSR count). The van der Waals surface area contributed by atoms with Gasteiger partial charge in [0.05, 0.1) is 11.7 Å². The number of hydrogen-bond acceptors (Lipinski definition) is 5. The van der Waals surface area contributed by atoms with E-state index in [-0.39, 0.29) is 48.4 Å². The molecule has 0 unspecified atom stereocenters. The average molecular weight is 645 g/mol. The lowest BCUT2D eigenvalue weighted by Gasteiger charge is -2.44. The largest absolute Gasteiger partial charge is 0.388 e. The third-order valence-electron chi connectivity index (χ3n) is 9.08. The minimum absolute atomic E-state index is 0.0493. The van der Waals surface area contributed by atoms with E-state index in [4.69, 9.17) is 22.3 Å². The van der Waals surface area contributed by atoms with Crippen molar-refractivity contribution in [3.63, 3.8) is 0 Å². The first-order valence-corrected chi connectivity index (χ1v) is 17.0. The number of urea groups is 1. The van der Waals surface area contributed by atoms with Gasteiger partial charge in [-0.2, -0.15) is 0 Å². The number of benzene rings is 2. The summed E-state index contributed by atoms with van der Waals surface area (Å²) in [6.07, 6.45) is 5.17. The lowest BCUT2D eigenvalue weighted by molar-refractivity contribution is -0.159. The van der Waals surface area contributed by atoms with Crippen LogP contribution in [-0.4, -0.2) is 52.4 Å². The molecule has 9 nitrogen and oxygen atoms in total. The fraction of sp³-hybridized carbons (Fsp3) is 0.553. The molecule has 1 aliphatic rings. The van der Waals surface area contributed by atoms with Gasteiger partial charge in [-0.05, 0) is 71.6 Å². The van der Waals surface area contributed by atoms with Crippen LogP contribution < -0.4 is 11.5 Å². The summed E-state index contributed by atoms with van der Waals surface area (Å²) in [6.45, 7) is 13.3. The van der Waals surface area contributed by atoms with Crippen LogP contribution in [0.25, 0.3) is 0 Å². The van der Waals surface area contributed by atoms with Gasteiger partial charge in [-0.25, -0.2) is 4.79 Å². The highest BCUT2D eigenvalue weighted by Gasteiger charge is 2.56. The van der Waals surface area contributed by atoms with E-state index >= 15 is 0 Å². The van der Waals surface area contributed by atoms with Gasteiger partial charge >= 0.3 is 6.03 Å². The van der Waals surface area contributed by atoms with Gasteiger partial charge in [0.15, 0.2) is 0 Å². The maximum Gasteiger partial charge on any atom is 0.333 e. The SMILES string of the molecule is CC(C)(C)c1ccc(CC2(Cc3ccc(C(C)(C)C)cc3)C(=O)N(CCCCCC(=N)N)C(=O)N(CCCCCC(=N)N)C2=O)cc1. The second-order valence-corrected chi connectivity index (χ2v) is 15.2. The minimum atomic E-state index is -1.50. The maximum atomic E-state index is 14.7. The normalized spacial score (nSPS) is 15.3. The van der Waals surface area contributed by atoms with Crippen molar-refractivity contribution in [1.29, 1.82) is 10.8 Å². The quantitative estimate of drug-likeness (QED) is 0.0681. The maximum absolute atomic E-state index is 14.7. The zero-order chi connectivity index (χ0) is 35.0. The molecule has 6 N–H and O–H groups in total. The van der Waals surface area contributed by atoms with Gasteiger partial charge in [0, 0.05) is 25.9 Å². The Morgan fingerprint density at radius 1 is 0.596 bits per heavy atom. The number of amidine groups is 2. The summed E-state index contributed by atoms with van der Waals surface area (Å²) in [7, 11) is 0. The minimum Gasteiger partial charge on any atom is -0.388 e. The molecule has 0 spiro atoms. The second kappa shape index (κ2) is 15.7. The number of nitrogens with one attached hydrogen (secondary N) is 2. The predicted octanol–water partition coefficient (Wildman–Crippen LogP) is 6.84. The second-order valence-electron chi connectivity index (χ2n) is 15.2. The summed E-state index contributed by atoms with van der Waals surface area (Å²) in [6, 6.07) is 15.7. The highest BCUT2D eigenvalue weighted by atomic mass is 16.2. The Balaban J connectivity index is 2.05. The lowest BCUT2D eigenvalue weighted by atomic mass is 9.72. The van der Waals surface area contributed by atoms with Crippen LogP contribution >= 0.6 is 0 Å². The van der Waals surface area contributed by atoms with E-state index in [1.807, 2.05) is 24.3 Å². The molecular weight excluding hydrogens is 588 g/mol. The molecule has 0 aromatic heterocycles. The number of rotatable bonds is 16. The van der Waals surface area contributed by atoms with Crippen LogP contribution in [0, 0.1) is 16.2 Å². The van der Waals surface area contributed by atoms with Crippen molar-refractivity contribution in [2.24, 2.45) is 16.9 Å². The van der Waals surface area contributed by atoms with Crippen LogP contribution in [0.15, 0.2) is 48.5 Å². The van der Waals surface area contributed by atoms with Crippen molar-refractivity contribution in [2.45, 2.75) is 117 Å². The van der Waals surface area contributed by atoms with Crippen molar-refractivity contribution >= 4 is 29.5 Å². The molecule has 47 heavy (non-hydrogen) atoms. The first-order chi connectivity index (χ1) is 22.0. The van der Waals surface area contributed by atoms with Gasteiger partial charge < -0.3 is 11.5 Å². The number of barbiturate groups is 1. The highest BCUT2D eigenvalue weighted by Crippen LogP contribution is 2.38. The molecule has 1 aliphatic heterocycles. The van der Waals surface area contributed by atoms with Crippen LogP contribution in [0.2, 0.25) is 0 Å². The topological polar surface area (TPSA) is 157 Å². The molecule has 0 radical (unpaired) electrons. The zero-order valence-electron chi connectivity index (χ0n) is 29.4. The molecule has 1 saturated heterocycles. The highest BCUT2D eigenvalue weighted by molar-refractivity contribution is 6.19. The molecule has 4 amide bonds. The van der Waals surface area contributed by atoms with Crippen molar-refractivity contribution in [3.8, 4) is 0 Å². The van der Waals surface area contributed by atoms with Gasteiger partial charge in [-0.1, -0.05) is 103 Å². The molecule has 2 aromatic rings. The third kappa shape index (κ3) is 9.99. The molecule has 256 valence electrons. The van der Waals surface area contributed by atoms with Gasteiger partial charge in [-0.15, -0.1) is 0 Å². The van der Waals surface area contributed by atoms with E-state index < -0.39 is 23.3 Å². The summed E-state index contributed by atoms with van der Waals surface area (Å²) >= 11 is 0. The van der Waals surface area contributed by atoms with Gasteiger partial charge in [0.2, 0.25) is 11.8 Å². The number of hydrogen-bond donors (Lipinski definition) is 4. The molecule has 1 fully saturated rings. The van der Waals surface area contributed by atoms with Crippen molar-refractivity contribution < 1.29 is 14.4 Å². The first-order valence-electron chi connectivity index (χ1n) is 17.0. The Hall–Kier alpha value is -4.01. The fourth-order valence-electron chi connectivity index (χ4n) is 6.15. The Bertz CT molecular complexity index is 1310. The predicted molar refractivity (Wildman–Crippen MR) is 190 cm³/mol. The lowest BCUT2D eigenvalue weighted by Crippen LogP contribution is -2.66. The van der Waals surface area contributed by atoms with Gasteiger partial charge in [0.25, 0.3) is 0 Å². The van der Waals surface area contributed by atoms with Crippen molar-refractivity contribution in [1.82, 2.24) is 9.80 Å². The van der Waals surface area contributed by atoms with Crippen LogP contribution in [0.3, 0.4) is 0 Å². The number of carbonyl (C=O) groups excluding carboxylic acids is 3. The Kier molecular flexibility index (Phi) is 12.5. The molecule has 0 bridgehead atoms. The molecule has 2 aromatic carbocycles.